The molecule has 26 aromatic rings. The van der Waals surface area contributed by atoms with Gasteiger partial charge in [0.25, 0.3) is 0 Å². The highest BCUT2D eigenvalue weighted by Gasteiger charge is 2.47. The molecule has 0 fully saturated rings. The van der Waals surface area contributed by atoms with Gasteiger partial charge in [-0.25, -0.2) is 0 Å². The molecule has 27 rings (SSSR count). The van der Waals surface area contributed by atoms with Crippen LogP contribution >= 0.6 is 0 Å². The number of hydrogen-bond donors (Lipinski definition) is 0. The summed E-state index contributed by atoms with van der Waals surface area (Å²) in [5, 5.41) is 12.4. The molecule has 0 saturated carbocycles. The average Bonchev–Trinajstić information content (AvgIpc) is 1.48. The minimum atomic E-state index is -0.514. The predicted molar refractivity (Wildman–Crippen MR) is 554 cm³/mol. The standard InChI is InChI=1S/C67H44N2.C60H39N3/c1-5-18-45(19-6-1)47-32-36-53(37-33-47)68-62-31-16-14-28-55(62)58-43-49(34-40-63(58)68)50-35-41-64-59(44-50)56-38-39-61-65(66(56)69(64)54-27-17-22-48(42-54)46-20-7-2-8-21-46)57-29-13-15-30-60(57)67(61,51-23-9-3-10-24-51)52-25-11-4-12-26-52;1-4-15-40(16-5-1)42-27-31-47(32-28-42)61-55-25-12-10-23-49(55)51-36-44(29-33-57(51)61)45-30-34-58-52(37-45)54-38-53-50-24-11-13-26-56(50)62(46-20-8-3-9-21-46)59(53)39-60(54)63(58)48-22-14-19-43(35-48)41-17-6-2-7-18-41/h1-44H;1-39H. The summed E-state index contributed by atoms with van der Waals surface area (Å²) >= 11 is 0. The zero-order valence-corrected chi connectivity index (χ0v) is 72.2. The second-order valence-corrected chi connectivity index (χ2v) is 34.9. The smallest absolute Gasteiger partial charge is 0.0714 e. The van der Waals surface area contributed by atoms with E-state index in [9.17, 15) is 0 Å². The maximum Gasteiger partial charge on any atom is 0.0714 e. The van der Waals surface area contributed by atoms with Gasteiger partial charge in [0.2, 0.25) is 0 Å². The second kappa shape index (κ2) is 31.0. The van der Waals surface area contributed by atoms with Crippen LogP contribution in [0.3, 0.4) is 0 Å². The van der Waals surface area contributed by atoms with E-state index in [0.717, 1.165) is 28.4 Å². The van der Waals surface area contributed by atoms with Crippen LogP contribution in [0.25, 0.3) is 215 Å². The SMILES string of the molecule is c1ccc(-c2ccc(-n3c4ccccc4c4cc(-c5ccc6c(c5)c5cc7c8ccccc8n(-c8ccccc8)c7cc5n6-c5cccc(-c6ccccc6)c5)ccc43)cc2)cc1.c1ccc(-c2ccc(-n3c4ccccc4c4cc(-c5ccc6c(c5)c5ccc7c(c5n6-c5cccc(-c6ccccc6)c5)-c5ccccc5C7(c5ccccc5)c5ccccc5)ccc43)cc2)cc1. The summed E-state index contributed by atoms with van der Waals surface area (Å²) < 4.78 is 12.2. The summed E-state index contributed by atoms with van der Waals surface area (Å²) in [7, 11) is 0. The molecular weight excluding hydrogens is 1600 g/mol. The van der Waals surface area contributed by atoms with Crippen molar-refractivity contribution in [2.45, 2.75) is 5.41 Å². The van der Waals surface area contributed by atoms with Gasteiger partial charge < -0.3 is 22.8 Å². The van der Waals surface area contributed by atoms with E-state index < -0.39 is 5.41 Å². The Morgan fingerprint density at radius 1 is 0.136 bits per heavy atom. The molecule has 616 valence electrons. The predicted octanol–water partition coefficient (Wildman–Crippen LogP) is 33.2. The molecule has 0 bridgehead atoms. The van der Waals surface area contributed by atoms with Crippen molar-refractivity contribution in [3.63, 3.8) is 0 Å². The Morgan fingerprint density at radius 2 is 0.417 bits per heavy atom. The lowest BCUT2D eigenvalue weighted by Gasteiger charge is -2.33. The zero-order chi connectivity index (χ0) is 86.9. The molecule has 5 heteroatoms. The van der Waals surface area contributed by atoms with Crippen molar-refractivity contribution in [1.82, 2.24) is 22.8 Å². The molecule has 0 amide bonds. The van der Waals surface area contributed by atoms with Crippen LogP contribution in [0.4, 0.5) is 0 Å². The van der Waals surface area contributed by atoms with Gasteiger partial charge in [-0.3, -0.25) is 0 Å². The first-order chi connectivity index (χ1) is 65.5. The number of benzene rings is 21. The van der Waals surface area contributed by atoms with Crippen LogP contribution < -0.4 is 0 Å². The van der Waals surface area contributed by atoms with Crippen LogP contribution in [-0.2, 0) is 5.41 Å². The van der Waals surface area contributed by atoms with Gasteiger partial charge in [-0.05, 0) is 234 Å². The summed E-state index contributed by atoms with van der Waals surface area (Å²) in [5.74, 6) is 0. The highest BCUT2D eigenvalue weighted by Crippen LogP contribution is 2.59. The van der Waals surface area contributed by atoms with Gasteiger partial charge in [-0.2, -0.15) is 0 Å². The maximum atomic E-state index is 2.54. The normalized spacial score (nSPS) is 12.3. The Kier molecular flexibility index (Phi) is 17.8. The Morgan fingerprint density at radius 3 is 0.864 bits per heavy atom. The lowest BCUT2D eigenvalue weighted by atomic mass is 9.67. The summed E-state index contributed by atoms with van der Waals surface area (Å²) in [6, 6.07) is 185. The molecule has 0 atom stereocenters. The number of aromatic nitrogens is 5. The molecule has 5 heterocycles. The van der Waals surface area contributed by atoms with Crippen LogP contribution in [0, 0.1) is 0 Å². The van der Waals surface area contributed by atoms with Crippen LogP contribution in [0.5, 0.6) is 0 Å². The first-order valence-corrected chi connectivity index (χ1v) is 45.6. The van der Waals surface area contributed by atoms with Crippen molar-refractivity contribution in [1.29, 1.82) is 0 Å². The molecule has 1 aliphatic rings. The molecule has 1 aliphatic carbocycles. The van der Waals surface area contributed by atoms with E-state index >= 15 is 0 Å². The molecular formula is C127H83N5. The molecule has 0 radical (unpaired) electrons. The van der Waals surface area contributed by atoms with Crippen molar-refractivity contribution in [2.75, 3.05) is 0 Å². The van der Waals surface area contributed by atoms with E-state index in [1.807, 2.05) is 0 Å². The minimum Gasteiger partial charge on any atom is -0.309 e. The number of nitrogens with zero attached hydrogens (tertiary/aromatic N) is 5. The average molecular weight is 1680 g/mol. The lowest BCUT2D eigenvalue weighted by Crippen LogP contribution is -2.28. The van der Waals surface area contributed by atoms with E-state index in [4.69, 9.17) is 0 Å². The van der Waals surface area contributed by atoms with Gasteiger partial charge in [0.05, 0.1) is 60.6 Å². The van der Waals surface area contributed by atoms with Gasteiger partial charge in [0, 0.05) is 87.9 Å². The van der Waals surface area contributed by atoms with Crippen molar-refractivity contribution >= 4 is 109 Å². The topological polar surface area (TPSA) is 24.6 Å². The van der Waals surface area contributed by atoms with Gasteiger partial charge in [-0.1, -0.05) is 364 Å². The molecule has 132 heavy (non-hydrogen) atoms. The second-order valence-electron chi connectivity index (χ2n) is 34.9. The van der Waals surface area contributed by atoms with E-state index in [0.29, 0.717) is 0 Å². The fourth-order valence-corrected chi connectivity index (χ4v) is 21.9. The number of fused-ring (bicyclic) bond motifs is 19. The van der Waals surface area contributed by atoms with Gasteiger partial charge in [0.1, 0.15) is 0 Å². The molecule has 0 saturated heterocycles. The summed E-state index contributed by atoms with van der Waals surface area (Å²) in [4.78, 5) is 0. The quantitative estimate of drug-likeness (QED) is 0.110. The molecule has 5 nitrogen and oxygen atoms in total. The van der Waals surface area contributed by atoms with E-state index in [-0.39, 0.29) is 0 Å². The molecule has 0 unspecified atom stereocenters. The van der Waals surface area contributed by atoms with Crippen molar-refractivity contribution in [2.24, 2.45) is 0 Å². The van der Waals surface area contributed by atoms with Crippen LogP contribution in [0.2, 0.25) is 0 Å². The largest absolute Gasteiger partial charge is 0.309 e. The molecule has 5 aromatic heterocycles. The molecule has 0 spiro atoms. The van der Waals surface area contributed by atoms with E-state index in [1.54, 1.807) is 0 Å². The lowest BCUT2D eigenvalue weighted by molar-refractivity contribution is 0.769. The van der Waals surface area contributed by atoms with Crippen molar-refractivity contribution in [3.8, 4) is 106 Å². The highest BCUT2D eigenvalue weighted by molar-refractivity contribution is 6.22. The van der Waals surface area contributed by atoms with Crippen molar-refractivity contribution < 1.29 is 0 Å². The monoisotopic (exact) mass is 1680 g/mol. The Hall–Kier alpha value is -17.4. The first kappa shape index (κ1) is 75.9. The van der Waals surface area contributed by atoms with Crippen LogP contribution in [-0.4, -0.2) is 22.8 Å². The summed E-state index contributed by atoms with van der Waals surface area (Å²) in [6.07, 6.45) is 0. The third kappa shape index (κ3) is 12.2. The summed E-state index contributed by atoms with van der Waals surface area (Å²) in [6.45, 7) is 0. The Bertz CT molecular complexity index is 8970. The van der Waals surface area contributed by atoms with Crippen molar-refractivity contribution in [3.05, 3.63) is 526 Å². The molecule has 0 aliphatic heterocycles. The van der Waals surface area contributed by atoms with Gasteiger partial charge in [-0.15, -0.1) is 0 Å². The van der Waals surface area contributed by atoms with E-state index in [2.05, 4.69) is 526 Å². The van der Waals surface area contributed by atoms with Gasteiger partial charge in [0.15, 0.2) is 0 Å². The Labute approximate surface area is 764 Å². The Balaban J connectivity index is 0.000000139. The fourth-order valence-electron chi connectivity index (χ4n) is 21.9. The van der Waals surface area contributed by atoms with Gasteiger partial charge >= 0.3 is 0 Å². The molecule has 21 aromatic carbocycles. The number of hydrogen-bond acceptors (Lipinski definition) is 0. The minimum absolute atomic E-state index is 0.514. The van der Waals surface area contributed by atoms with Crippen LogP contribution in [0.1, 0.15) is 22.3 Å². The maximum absolute atomic E-state index is 2.54. The van der Waals surface area contributed by atoms with E-state index in [1.165, 1.54) is 209 Å². The third-order valence-corrected chi connectivity index (χ3v) is 27.8. The first-order valence-electron chi connectivity index (χ1n) is 45.6. The fraction of sp³-hybridized carbons (Fsp3) is 0.00787. The zero-order valence-electron chi connectivity index (χ0n) is 72.2. The third-order valence-electron chi connectivity index (χ3n) is 27.8. The highest BCUT2D eigenvalue weighted by atomic mass is 15.0. The summed E-state index contributed by atoms with van der Waals surface area (Å²) in [5.41, 5.74) is 39.3. The number of rotatable bonds is 13. The van der Waals surface area contributed by atoms with Crippen LogP contribution in [0.15, 0.2) is 504 Å². The molecule has 0 N–H and O–H groups in total. The number of para-hydroxylation sites is 4.